The Labute approximate surface area is 106 Å². The molecule has 0 radical (unpaired) electrons. The van der Waals surface area contributed by atoms with E-state index in [1.807, 2.05) is 24.3 Å². The first-order valence-electron chi connectivity index (χ1n) is 5.95. The van der Waals surface area contributed by atoms with Gasteiger partial charge < -0.3 is 5.73 Å². The second-order valence-electron chi connectivity index (χ2n) is 4.35. The molecule has 0 aromatic rings. The maximum atomic E-state index is 6.04. The Morgan fingerprint density at radius 3 is 1.47 bits per heavy atom. The quantitative estimate of drug-likeness (QED) is 0.601. The average molecular weight is 231 g/mol. The van der Waals surface area contributed by atoms with E-state index in [4.69, 9.17) is 5.73 Å². The SMILES string of the molecule is C=C[C@H]([C@@H](C=C)[C@H](N)C=C)[C@@H](C=C)[C@@H](C)C=C. The highest BCUT2D eigenvalue weighted by molar-refractivity contribution is 5.09. The van der Waals surface area contributed by atoms with Gasteiger partial charge in [-0.2, -0.15) is 0 Å². The van der Waals surface area contributed by atoms with Gasteiger partial charge in [0.25, 0.3) is 0 Å². The van der Waals surface area contributed by atoms with E-state index in [0.29, 0.717) is 5.92 Å². The number of allylic oxidation sites excluding steroid dienone is 3. The highest BCUT2D eigenvalue weighted by Crippen LogP contribution is 2.32. The molecule has 0 unspecified atom stereocenters. The topological polar surface area (TPSA) is 26.0 Å². The summed E-state index contributed by atoms with van der Waals surface area (Å²) < 4.78 is 0. The van der Waals surface area contributed by atoms with Crippen LogP contribution in [0.15, 0.2) is 63.3 Å². The van der Waals surface area contributed by atoms with Gasteiger partial charge in [-0.05, 0) is 17.8 Å². The monoisotopic (exact) mass is 231 g/mol. The summed E-state index contributed by atoms with van der Waals surface area (Å²) in [5.41, 5.74) is 6.04. The van der Waals surface area contributed by atoms with Crippen molar-refractivity contribution < 1.29 is 0 Å². The minimum Gasteiger partial charge on any atom is -0.324 e. The molecule has 0 saturated heterocycles. The lowest BCUT2D eigenvalue weighted by atomic mass is 9.73. The van der Waals surface area contributed by atoms with Gasteiger partial charge >= 0.3 is 0 Å². The molecule has 0 spiro atoms. The Hall–Kier alpha value is -1.34. The molecule has 0 aliphatic carbocycles. The number of nitrogens with two attached hydrogens (primary N) is 1. The summed E-state index contributed by atoms with van der Waals surface area (Å²) in [6.07, 6.45) is 9.45. The fraction of sp³-hybridized carbons (Fsp3) is 0.375. The third kappa shape index (κ3) is 3.86. The molecule has 5 atom stereocenters. The summed E-state index contributed by atoms with van der Waals surface area (Å²) in [6.45, 7) is 21.4. The van der Waals surface area contributed by atoms with Crippen molar-refractivity contribution in [3.63, 3.8) is 0 Å². The van der Waals surface area contributed by atoms with E-state index >= 15 is 0 Å². The van der Waals surface area contributed by atoms with Crippen LogP contribution in [0, 0.1) is 23.7 Å². The zero-order valence-corrected chi connectivity index (χ0v) is 10.9. The van der Waals surface area contributed by atoms with Crippen molar-refractivity contribution in [2.45, 2.75) is 13.0 Å². The molecule has 2 N–H and O–H groups in total. The predicted octanol–water partition coefficient (Wildman–Crippen LogP) is 3.73. The maximum absolute atomic E-state index is 6.04. The van der Waals surface area contributed by atoms with Crippen LogP contribution in [0.5, 0.6) is 0 Å². The Bertz CT molecular complexity index is 264. The molecule has 0 aliphatic rings. The van der Waals surface area contributed by atoms with Crippen molar-refractivity contribution in [1.82, 2.24) is 0 Å². The fourth-order valence-electron chi connectivity index (χ4n) is 2.18. The van der Waals surface area contributed by atoms with Gasteiger partial charge in [0, 0.05) is 12.0 Å². The lowest BCUT2D eigenvalue weighted by Gasteiger charge is -2.33. The van der Waals surface area contributed by atoms with E-state index < -0.39 is 0 Å². The van der Waals surface area contributed by atoms with Crippen LogP contribution in [0.3, 0.4) is 0 Å². The van der Waals surface area contributed by atoms with Gasteiger partial charge in [-0.1, -0.05) is 37.3 Å². The fourth-order valence-corrected chi connectivity index (χ4v) is 2.18. The second kappa shape index (κ2) is 7.86. The lowest BCUT2D eigenvalue weighted by Crippen LogP contribution is -2.35. The molecule has 94 valence electrons. The molecule has 0 rings (SSSR count). The van der Waals surface area contributed by atoms with Crippen molar-refractivity contribution in [1.29, 1.82) is 0 Å². The average Bonchev–Trinajstić information content (AvgIpc) is 2.37. The Morgan fingerprint density at radius 2 is 1.18 bits per heavy atom. The van der Waals surface area contributed by atoms with E-state index in [1.54, 1.807) is 6.08 Å². The molecule has 17 heavy (non-hydrogen) atoms. The first kappa shape index (κ1) is 15.7. The summed E-state index contributed by atoms with van der Waals surface area (Å²) in [5, 5.41) is 0. The first-order valence-corrected chi connectivity index (χ1v) is 5.95. The number of hydrogen-bond acceptors (Lipinski definition) is 1. The molecule has 0 fully saturated rings. The molecular formula is C16H25N. The molecule has 1 heteroatoms. The summed E-state index contributed by atoms with van der Waals surface area (Å²) in [6, 6.07) is -0.116. The second-order valence-corrected chi connectivity index (χ2v) is 4.35. The zero-order chi connectivity index (χ0) is 13.4. The molecule has 0 amide bonds. The Balaban J connectivity index is 5.18. The summed E-state index contributed by atoms with van der Waals surface area (Å²) in [4.78, 5) is 0. The molecule has 0 saturated carbocycles. The van der Waals surface area contributed by atoms with Gasteiger partial charge in [-0.15, -0.1) is 32.9 Å². The van der Waals surface area contributed by atoms with Gasteiger partial charge in [-0.3, -0.25) is 0 Å². The van der Waals surface area contributed by atoms with Crippen molar-refractivity contribution in [3.05, 3.63) is 63.3 Å². The van der Waals surface area contributed by atoms with E-state index in [0.717, 1.165) is 0 Å². The van der Waals surface area contributed by atoms with Gasteiger partial charge in [0.05, 0.1) is 0 Å². The first-order chi connectivity index (χ1) is 8.06. The number of rotatable bonds is 9. The third-order valence-electron chi connectivity index (χ3n) is 3.40. The van der Waals surface area contributed by atoms with Gasteiger partial charge in [0.15, 0.2) is 0 Å². The normalized spacial score (nSPS) is 19.2. The highest BCUT2D eigenvalue weighted by atomic mass is 14.6. The van der Waals surface area contributed by atoms with Crippen molar-refractivity contribution >= 4 is 0 Å². The number of hydrogen-bond donors (Lipinski definition) is 1. The molecule has 0 aromatic heterocycles. The summed E-state index contributed by atoms with van der Waals surface area (Å²) in [7, 11) is 0. The Morgan fingerprint density at radius 1 is 0.706 bits per heavy atom. The van der Waals surface area contributed by atoms with Crippen LogP contribution in [0.4, 0.5) is 0 Å². The standard InChI is InChI=1S/C16H25N/c1-7-12(6)13(8-2)14(9-3)15(10-4)16(17)11-5/h7-16H,1-5,17H2,6H3/t12-,13-,14-,15+,16+/m0/s1. The highest BCUT2D eigenvalue weighted by Gasteiger charge is 2.28. The third-order valence-corrected chi connectivity index (χ3v) is 3.40. The van der Waals surface area contributed by atoms with Gasteiger partial charge in [-0.25, -0.2) is 0 Å². The van der Waals surface area contributed by atoms with E-state index in [1.165, 1.54) is 0 Å². The van der Waals surface area contributed by atoms with Gasteiger partial charge in [0.2, 0.25) is 0 Å². The maximum Gasteiger partial charge on any atom is 0.0290 e. The predicted molar refractivity (Wildman–Crippen MR) is 78.6 cm³/mol. The zero-order valence-electron chi connectivity index (χ0n) is 10.9. The van der Waals surface area contributed by atoms with Crippen LogP contribution in [-0.2, 0) is 0 Å². The molecule has 0 bridgehead atoms. The van der Waals surface area contributed by atoms with Crippen molar-refractivity contribution in [2.24, 2.45) is 29.4 Å². The van der Waals surface area contributed by atoms with E-state index in [2.05, 4.69) is 39.8 Å². The minimum atomic E-state index is -0.116. The summed E-state index contributed by atoms with van der Waals surface area (Å²) in [5.74, 6) is 0.912. The van der Waals surface area contributed by atoms with Crippen LogP contribution in [-0.4, -0.2) is 6.04 Å². The lowest BCUT2D eigenvalue weighted by molar-refractivity contribution is 0.306. The van der Waals surface area contributed by atoms with E-state index in [9.17, 15) is 0 Å². The largest absolute Gasteiger partial charge is 0.324 e. The van der Waals surface area contributed by atoms with Crippen molar-refractivity contribution in [3.8, 4) is 0 Å². The molecule has 1 nitrogen and oxygen atoms in total. The van der Waals surface area contributed by atoms with Crippen LogP contribution < -0.4 is 5.73 Å². The van der Waals surface area contributed by atoms with Crippen LogP contribution in [0.2, 0.25) is 0 Å². The minimum absolute atomic E-state index is 0.116. The van der Waals surface area contributed by atoms with Crippen molar-refractivity contribution in [2.75, 3.05) is 0 Å². The molecule has 0 heterocycles. The van der Waals surface area contributed by atoms with Crippen LogP contribution in [0.25, 0.3) is 0 Å². The molecule has 0 aromatic carbocycles. The Kier molecular flexibility index (Phi) is 7.24. The van der Waals surface area contributed by atoms with Gasteiger partial charge in [0.1, 0.15) is 0 Å². The van der Waals surface area contributed by atoms with Crippen LogP contribution >= 0.6 is 0 Å². The molecule has 0 aliphatic heterocycles. The molecular weight excluding hydrogens is 206 g/mol. The van der Waals surface area contributed by atoms with Crippen LogP contribution in [0.1, 0.15) is 6.92 Å². The van der Waals surface area contributed by atoms with E-state index in [-0.39, 0.29) is 23.8 Å². The summed E-state index contributed by atoms with van der Waals surface area (Å²) >= 11 is 0. The smallest absolute Gasteiger partial charge is 0.0290 e.